The summed E-state index contributed by atoms with van der Waals surface area (Å²) >= 11 is 1.58. The lowest BCUT2D eigenvalue weighted by Gasteiger charge is -2.23. The highest BCUT2D eigenvalue weighted by Gasteiger charge is 2.44. The third kappa shape index (κ3) is 3.79. The fraction of sp³-hybridized carbons (Fsp3) is 0.500. The van der Waals surface area contributed by atoms with E-state index in [1.54, 1.807) is 16.7 Å². The van der Waals surface area contributed by atoms with Crippen LogP contribution >= 0.6 is 11.8 Å². The molecule has 1 amide bonds. The molecule has 0 aliphatic carbocycles. The molecule has 114 valence electrons. The van der Waals surface area contributed by atoms with E-state index in [4.69, 9.17) is 0 Å². The Morgan fingerprint density at radius 1 is 1.33 bits per heavy atom. The molecule has 1 aromatic rings. The second kappa shape index (κ2) is 6.98. The Morgan fingerprint density at radius 2 is 2.05 bits per heavy atom. The average molecular weight is 307 g/mol. The van der Waals surface area contributed by atoms with Crippen molar-refractivity contribution in [2.24, 2.45) is 5.41 Å². The zero-order valence-corrected chi connectivity index (χ0v) is 13.1. The van der Waals surface area contributed by atoms with E-state index < -0.39 is 11.4 Å². The van der Waals surface area contributed by atoms with Crippen LogP contribution in [0.5, 0.6) is 0 Å². The summed E-state index contributed by atoms with van der Waals surface area (Å²) in [7, 11) is 0. The van der Waals surface area contributed by atoms with E-state index in [-0.39, 0.29) is 5.91 Å². The van der Waals surface area contributed by atoms with Crippen LogP contribution in [0.25, 0.3) is 0 Å². The van der Waals surface area contributed by atoms with Gasteiger partial charge < -0.3 is 10.0 Å². The number of aliphatic carboxylic acids is 1. The monoisotopic (exact) mass is 307 g/mol. The number of benzene rings is 1. The zero-order valence-electron chi connectivity index (χ0n) is 12.2. The molecule has 1 atom stereocenters. The molecule has 1 aliphatic heterocycles. The number of amides is 1. The van der Waals surface area contributed by atoms with Crippen molar-refractivity contribution in [1.82, 2.24) is 4.90 Å². The van der Waals surface area contributed by atoms with Crippen LogP contribution in [0.1, 0.15) is 25.3 Å². The molecule has 1 saturated heterocycles. The van der Waals surface area contributed by atoms with Crippen molar-refractivity contribution >= 4 is 23.6 Å². The van der Waals surface area contributed by atoms with Gasteiger partial charge in [-0.05, 0) is 18.4 Å². The number of hydrogen-bond donors (Lipinski definition) is 1. The van der Waals surface area contributed by atoms with Crippen molar-refractivity contribution in [2.75, 3.05) is 18.8 Å². The zero-order chi connectivity index (χ0) is 15.3. The van der Waals surface area contributed by atoms with Gasteiger partial charge in [-0.25, -0.2) is 0 Å². The molecular formula is C16H21NO3S. The summed E-state index contributed by atoms with van der Waals surface area (Å²) in [6.07, 6.45) is 1.14. The van der Waals surface area contributed by atoms with Crippen molar-refractivity contribution < 1.29 is 14.7 Å². The van der Waals surface area contributed by atoms with E-state index in [0.717, 1.165) is 5.75 Å². The Hall–Kier alpha value is -1.49. The molecule has 1 unspecified atom stereocenters. The van der Waals surface area contributed by atoms with Gasteiger partial charge in [0.05, 0.1) is 11.2 Å². The molecule has 21 heavy (non-hydrogen) atoms. The van der Waals surface area contributed by atoms with Crippen LogP contribution in [0.15, 0.2) is 30.3 Å². The highest BCUT2D eigenvalue weighted by molar-refractivity contribution is 7.99. The summed E-state index contributed by atoms with van der Waals surface area (Å²) in [5, 5.41) is 9.34. The Kier molecular flexibility index (Phi) is 5.28. The molecular weight excluding hydrogens is 286 g/mol. The molecule has 1 aromatic carbocycles. The van der Waals surface area contributed by atoms with Gasteiger partial charge in [0.2, 0.25) is 5.91 Å². The summed E-state index contributed by atoms with van der Waals surface area (Å²) in [5.74, 6) is 0.483. The number of carboxylic acids is 1. The number of carboxylic acid groups (broad SMARTS) is 1. The minimum absolute atomic E-state index is 0.0486. The highest BCUT2D eigenvalue weighted by Crippen LogP contribution is 2.34. The molecule has 5 heteroatoms. The smallest absolute Gasteiger partial charge is 0.311 e. The van der Waals surface area contributed by atoms with E-state index in [9.17, 15) is 14.7 Å². The van der Waals surface area contributed by atoms with Crippen molar-refractivity contribution in [2.45, 2.75) is 25.5 Å². The summed E-state index contributed by atoms with van der Waals surface area (Å²) in [4.78, 5) is 25.3. The average Bonchev–Trinajstić information content (AvgIpc) is 2.94. The largest absolute Gasteiger partial charge is 0.481 e. The quantitative estimate of drug-likeness (QED) is 0.878. The lowest BCUT2D eigenvalue weighted by atomic mass is 9.84. The third-order valence-electron chi connectivity index (χ3n) is 4.17. The predicted molar refractivity (Wildman–Crippen MR) is 84.2 cm³/mol. The first kappa shape index (κ1) is 15.9. The van der Waals surface area contributed by atoms with Crippen LogP contribution in [0.3, 0.4) is 0 Å². The first-order valence-corrected chi connectivity index (χ1v) is 8.36. The molecule has 2 rings (SSSR count). The van der Waals surface area contributed by atoms with E-state index >= 15 is 0 Å². The van der Waals surface area contributed by atoms with E-state index in [1.165, 1.54) is 5.56 Å². The Balaban J connectivity index is 1.81. The van der Waals surface area contributed by atoms with Gasteiger partial charge in [0.1, 0.15) is 0 Å². The Morgan fingerprint density at radius 3 is 2.62 bits per heavy atom. The van der Waals surface area contributed by atoms with Gasteiger partial charge in [-0.15, -0.1) is 11.8 Å². The molecule has 0 radical (unpaired) electrons. The van der Waals surface area contributed by atoms with Crippen LogP contribution in [0.2, 0.25) is 0 Å². The van der Waals surface area contributed by atoms with Gasteiger partial charge in [0.15, 0.2) is 0 Å². The molecule has 0 aromatic heterocycles. The number of rotatable bonds is 6. The van der Waals surface area contributed by atoms with Gasteiger partial charge in [0, 0.05) is 18.8 Å². The third-order valence-corrected chi connectivity index (χ3v) is 5.16. The minimum Gasteiger partial charge on any atom is -0.481 e. The van der Waals surface area contributed by atoms with E-state index in [2.05, 4.69) is 0 Å². The molecule has 1 heterocycles. The van der Waals surface area contributed by atoms with Crippen LogP contribution in [-0.4, -0.2) is 40.7 Å². The molecule has 1 N–H and O–H groups in total. The first-order valence-electron chi connectivity index (χ1n) is 7.20. The second-order valence-electron chi connectivity index (χ2n) is 5.48. The van der Waals surface area contributed by atoms with Gasteiger partial charge in [-0.2, -0.15) is 0 Å². The Labute approximate surface area is 129 Å². The number of hydrogen-bond acceptors (Lipinski definition) is 3. The maximum absolute atomic E-state index is 12.2. The molecule has 0 bridgehead atoms. The number of carbonyl (C=O) groups is 2. The van der Waals surface area contributed by atoms with Crippen molar-refractivity contribution in [3.05, 3.63) is 35.9 Å². The SMILES string of the molecule is CCC1(C(=O)O)CCN(C(=O)CSCc2ccccc2)C1. The van der Waals surface area contributed by atoms with Crippen molar-refractivity contribution in [1.29, 1.82) is 0 Å². The summed E-state index contributed by atoms with van der Waals surface area (Å²) in [6.45, 7) is 2.79. The van der Waals surface area contributed by atoms with E-state index in [1.807, 2.05) is 37.3 Å². The number of thioether (sulfide) groups is 1. The van der Waals surface area contributed by atoms with Crippen LogP contribution in [-0.2, 0) is 15.3 Å². The van der Waals surface area contributed by atoms with Crippen LogP contribution in [0.4, 0.5) is 0 Å². The van der Waals surface area contributed by atoms with E-state index in [0.29, 0.717) is 31.7 Å². The highest BCUT2D eigenvalue weighted by atomic mass is 32.2. The fourth-order valence-electron chi connectivity index (χ4n) is 2.62. The van der Waals surface area contributed by atoms with Gasteiger partial charge in [0.25, 0.3) is 0 Å². The maximum atomic E-state index is 12.2. The summed E-state index contributed by atoms with van der Waals surface area (Å²) in [5.41, 5.74) is 0.463. The lowest BCUT2D eigenvalue weighted by Crippen LogP contribution is -2.37. The number of likely N-dealkylation sites (tertiary alicyclic amines) is 1. The standard InChI is InChI=1S/C16H21NO3S/c1-2-16(15(19)20)8-9-17(12-16)14(18)11-21-10-13-6-4-3-5-7-13/h3-7H,2,8-12H2,1H3,(H,19,20). The van der Waals surface area contributed by atoms with Crippen molar-refractivity contribution in [3.63, 3.8) is 0 Å². The normalized spacial score (nSPS) is 21.5. The topological polar surface area (TPSA) is 57.6 Å². The predicted octanol–water partition coefficient (Wildman–Crippen LogP) is 2.63. The summed E-state index contributed by atoms with van der Waals surface area (Å²) < 4.78 is 0. The number of carbonyl (C=O) groups excluding carboxylic acids is 1. The lowest BCUT2D eigenvalue weighted by molar-refractivity contribution is -0.148. The number of nitrogens with zero attached hydrogens (tertiary/aromatic N) is 1. The molecule has 0 spiro atoms. The van der Waals surface area contributed by atoms with Gasteiger partial charge in [-0.1, -0.05) is 37.3 Å². The summed E-state index contributed by atoms with van der Waals surface area (Å²) in [6, 6.07) is 10.0. The Bertz CT molecular complexity index is 506. The van der Waals surface area contributed by atoms with Crippen LogP contribution in [0, 0.1) is 5.41 Å². The first-order chi connectivity index (χ1) is 10.1. The van der Waals surface area contributed by atoms with Crippen LogP contribution < -0.4 is 0 Å². The fourth-order valence-corrected chi connectivity index (χ4v) is 3.51. The molecule has 0 saturated carbocycles. The molecule has 1 fully saturated rings. The van der Waals surface area contributed by atoms with Gasteiger partial charge in [-0.3, -0.25) is 9.59 Å². The molecule has 4 nitrogen and oxygen atoms in total. The van der Waals surface area contributed by atoms with Crippen molar-refractivity contribution in [3.8, 4) is 0 Å². The maximum Gasteiger partial charge on any atom is 0.311 e. The minimum atomic E-state index is -0.780. The second-order valence-corrected chi connectivity index (χ2v) is 6.47. The molecule has 1 aliphatic rings. The van der Waals surface area contributed by atoms with Gasteiger partial charge >= 0.3 is 5.97 Å².